The molecule has 258 valence electrons. The molecule has 0 spiro atoms. The lowest BCUT2D eigenvalue weighted by Gasteiger charge is -2.33. The molecule has 6 aromatic carbocycles. The molecule has 1 fully saturated rings. The number of hydrogen-bond acceptors (Lipinski definition) is 2. The van der Waals surface area contributed by atoms with Gasteiger partial charge in [0.2, 0.25) is 0 Å². The van der Waals surface area contributed by atoms with Gasteiger partial charge in [-0.25, -0.2) is 0 Å². The first-order chi connectivity index (χ1) is 24.8. The van der Waals surface area contributed by atoms with Crippen LogP contribution in [0.4, 0.5) is 11.4 Å². The van der Waals surface area contributed by atoms with Gasteiger partial charge in [0.05, 0.1) is 6.67 Å². The molecule has 0 radical (unpaired) electrons. The van der Waals surface area contributed by atoms with Crippen molar-refractivity contribution >= 4 is 11.4 Å². The van der Waals surface area contributed by atoms with Gasteiger partial charge in [-0.2, -0.15) is 0 Å². The predicted octanol–water partition coefficient (Wildman–Crippen LogP) is 12.2. The zero-order valence-corrected chi connectivity index (χ0v) is 31.2. The normalized spacial score (nSPS) is 15.4. The maximum atomic E-state index is 2.69. The molecule has 7 rings (SSSR count). The minimum absolute atomic E-state index is 0.263. The highest BCUT2D eigenvalue weighted by Gasteiger charge is 2.32. The lowest BCUT2D eigenvalue weighted by molar-refractivity contribution is 0.830. The van der Waals surface area contributed by atoms with Crippen LogP contribution in [0.15, 0.2) is 146 Å². The van der Waals surface area contributed by atoms with Gasteiger partial charge in [0.25, 0.3) is 0 Å². The third kappa shape index (κ3) is 7.10. The van der Waals surface area contributed by atoms with Crippen molar-refractivity contribution in [1.29, 1.82) is 0 Å². The topological polar surface area (TPSA) is 6.48 Å². The molecule has 2 heteroatoms. The molecule has 1 saturated heterocycles. The molecule has 51 heavy (non-hydrogen) atoms. The number of aryl methyl sites for hydroxylation is 2. The van der Waals surface area contributed by atoms with E-state index in [-0.39, 0.29) is 23.7 Å². The van der Waals surface area contributed by atoms with Gasteiger partial charge in [-0.05, 0) is 58.4 Å². The van der Waals surface area contributed by atoms with Gasteiger partial charge in [-0.15, -0.1) is 0 Å². The second-order valence-corrected chi connectivity index (χ2v) is 14.8. The van der Waals surface area contributed by atoms with Gasteiger partial charge in [0.15, 0.2) is 0 Å². The third-order valence-electron chi connectivity index (χ3n) is 11.3. The number of anilines is 2. The van der Waals surface area contributed by atoms with E-state index < -0.39 is 0 Å². The second kappa shape index (κ2) is 15.0. The van der Waals surface area contributed by atoms with E-state index in [1.54, 1.807) is 0 Å². The quantitative estimate of drug-likeness (QED) is 0.143. The van der Waals surface area contributed by atoms with Crippen LogP contribution in [-0.4, -0.2) is 19.8 Å². The molecule has 1 heterocycles. The highest BCUT2D eigenvalue weighted by molar-refractivity contribution is 5.71. The molecule has 4 atom stereocenters. The van der Waals surface area contributed by atoms with Gasteiger partial charge in [0.1, 0.15) is 0 Å². The van der Waals surface area contributed by atoms with Crippen molar-refractivity contribution < 1.29 is 0 Å². The fourth-order valence-corrected chi connectivity index (χ4v) is 8.36. The Morgan fingerprint density at radius 3 is 0.843 bits per heavy atom. The molecule has 0 aliphatic carbocycles. The Morgan fingerprint density at radius 1 is 0.373 bits per heavy atom. The van der Waals surface area contributed by atoms with Gasteiger partial charge in [-0.3, -0.25) is 0 Å². The summed E-state index contributed by atoms with van der Waals surface area (Å²) in [6, 6.07) is 54.0. The Labute approximate surface area is 306 Å². The fraction of sp³-hybridized carbons (Fsp3) is 0.265. The summed E-state index contributed by atoms with van der Waals surface area (Å²) < 4.78 is 0. The SMILES string of the molecule is Cc1cc([C@H](C)c2ccccc2)c(N2CCN(c3c([C@H](C)c4ccccc4)cc(C)cc3[C@H](C)c3ccccc3)C2)c([C@H](C)c2ccccc2)c1. The average molecular weight is 669 g/mol. The zero-order valence-electron chi connectivity index (χ0n) is 31.2. The van der Waals surface area contributed by atoms with Gasteiger partial charge < -0.3 is 9.80 Å². The number of benzene rings is 6. The smallest absolute Gasteiger partial charge is 0.0904 e. The highest BCUT2D eigenvalue weighted by Crippen LogP contribution is 2.45. The van der Waals surface area contributed by atoms with Crippen molar-refractivity contribution in [2.24, 2.45) is 0 Å². The van der Waals surface area contributed by atoms with E-state index in [0.29, 0.717) is 0 Å². The Hall–Kier alpha value is -5.08. The molecule has 0 bridgehead atoms. The largest absolute Gasteiger partial charge is 0.352 e. The number of nitrogens with zero attached hydrogens (tertiary/aromatic N) is 2. The average Bonchev–Trinajstić information content (AvgIpc) is 3.66. The summed E-state index contributed by atoms with van der Waals surface area (Å²) in [4.78, 5) is 5.38. The van der Waals surface area contributed by atoms with Crippen LogP contribution in [0, 0.1) is 13.8 Å². The summed E-state index contributed by atoms with van der Waals surface area (Å²) in [5.74, 6) is 1.05. The second-order valence-electron chi connectivity index (χ2n) is 14.8. The molecular formula is C49H52N2. The molecular weight excluding hydrogens is 617 g/mol. The molecule has 0 aromatic heterocycles. The van der Waals surface area contributed by atoms with Crippen LogP contribution in [0.3, 0.4) is 0 Å². The van der Waals surface area contributed by atoms with Crippen molar-refractivity contribution in [3.05, 3.63) is 201 Å². The molecule has 0 amide bonds. The maximum Gasteiger partial charge on any atom is 0.0904 e. The summed E-state index contributed by atoms with van der Waals surface area (Å²) >= 11 is 0. The predicted molar refractivity (Wildman–Crippen MR) is 218 cm³/mol. The summed E-state index contributed by atoms with van der Waals surface area (Å²) in [7, 11) is 0. The Morgan fingerprint density at radius 2 is 0.608 bits per heavy atom. The van der Waals surface area contributed by atoms with Crippen LogP contribution >= 0.6 is 0 Å². The van der Waals surface area contributed by atoms with Crippen LogP contribution in [-0.2, 0) is 0 Å². The molecule has 0 unspecified atom stereocenters. The Bertz CT molecular complexity index is 1770. The fourth-order valence-electron chi connectivity index (χ4n) is 8.36. The van der Waals surface area contributed by atoms with Crippen LogP contribution in [0.5, 0.6) is 0 Å². The Balaban J connectivity index is 1.37. The summed E-state index contributed by atoms with van der Waals surface area (Å²) in [6.45, 7) is 16.9. The lowest BCUT2D eigenvalue weighted by atomic mass is 9.83. The van der Waals surface area contributed by atoms with Crippen LogP contribution in [0.1, 0.15) is 107 Å². The van der Waals surface area contributed by atoms with E-state index in [9.17, 15) is 0 Å². The van der Waals surface area contributed by atoms with Crippen molar-refractivity contribution in [2.75, 3.05) is 29.6 Å². The van der Waals surface area contributed by atoms with E-state index in [2.05, 4.69) is 197 Å². The molecule has 1 aliphatic heterocycles. The van der Waals surface area contributed by atoms with Crippen molar-refractivity contribution in [2.45, 2.75) is 65.2 Å². The van der Waals surface area contributed by atoms with E-state index in [0.717, 1.165) is 19.8 Å². The minimum atomic E-state index is 0.263. The van der Waals surface area contributed by atoms with Crippen molar-refractivity contribution in [3.8, 4) is 0 Å². The van der Waals surface area contributed by atoms with E-state index in [4.69, 9.17) is 0 Å². The van der Waals surface area contributed by atoms with Gasteiger partial charge in [-0.1, -0.05) is 184 Å². The monoisotopic (exact) mass is 668 g/mol. The maximum absolute atomic E-state index is 2.69. The third-order valence-corrected chi connectivity index (χ3v) is 11.3. The molecule has 0 N–H and O–H groups in total. The lowest BCUT2D eigenvalue weighted by Crippen LogP contribution is -2.29. The summed E-state index contributed by atoms with van der Waals surface area (Å²) in [5.41, 5.74) is 16.5. The van der Waals surface area contributed by atoms with E-state index in [1.165, 1.54) is 67.0 Å². The first-order valence-electron chi connectivity index (χ1n) is 18.8. The van der Waals surface area contributed by atoms with Crippen molar-refractivity contribution in [1.82, 2.24) is 0 Å². The molecule has 1 aliphatic rings. The highest BCUT2D eigenvalue weighted by atomic mass is 15.4. The van der Waals surface area contributed by atoms with Gasteiger partial charge in [0, 0.05) is 48.1 Å². The van der Waals surface area contributed by atoms with Crippen LogP contribution in [0.2, 0.25) is 0 Å². The summed E-state index contributed by atoms with van der Waals surface area (Å²) in [5, 5.41) is 0. The standard InChI is InChI=1S/C49H52N2/c1-34-29-44(36(3)40-19-11-7-12-20-40)48(45(30-34)37(4)41-21-13-8-14-22-41)50-27-28-51(33-50)49-46(38(5)42-23-15-9-16-24-42)31-35(2)32-47(49)39(6)43-25-17-10-18-26-43/h7-26,29-32,36-39H,27-28,33H2,1-6H3/t36-,37-,38-,39-/m1/s1. The number of hydrogen-bond donors (Lipinski definition) is 0. The van der Waals surface area contributed by atoms with Crippen molar-refractivity contribution in [3.63, 3.8) is 0 Å². The molecule has 6 aromatic rings. The molecule has 0 saturated carbocycles. The van der Waals surface area contributed by atoms with Crippen LogP contribution < -0.4 is 9.80 Å². The molecule has 2 nitrogen and oxygen atoms in total. The zero-order chi connectivity index (χ0) is 35.5. The Kier molecular flexibility index (Phi) is 10.1. The first-order valence-corrected chi connectivity index (χ1v) is 18.8. The minimum Gasteiger partial charge on any atom is -0.352 e. The van der Waals surface area contributed by atoms with E-state index in [1.807, 2.05) is 0 Å². The first kappa shape index (κ1) is 34.4. The number of rotatable bonds is 10. The van der Waals surface area contributed by atoms with E-state index >= 15 is 0 Å². The van der Waals surface area contributed by atoms with Gasteiger partial charge >= 0.3 is 0 Å². The van der Waals surface area contributed by atoms with Crippen LogP contribution in [0.25, 0.3) is 0 Å². The summed E-state index contributed by atoms with van der Waals surface area (Å²) in [6.07, 6.45) is 0.